The van der Waals surface area contributed by atoms with Crippen LogP contribution in [0, 0.1) is 10.4 Å². The first-order chi connectivity index (χ1) is 12.5. The lowest BCUT2D eigenvalue weighted by Crippen LogP contribution is -2.31. The molecule has 0 heterocycles. The molecular formula is C21H12O5. The van der Waals surface area contributed by atoms with E-state index in [0.29, 0.717) is 5.56 Å². The van der Waals surface area contributed by atoms with Gasteiger partial charge in [-0.1, -0.05) is 54.6 Å². The van der Waals surface area contributed by atoms with Gasteiger partial charge in [0.05, 0.1) is 10.4 Å². The van der Waals surface area contributed by atoms with Gasteiger partial charge in [0.1, 0.15) is 6.10 Å². The van der Waals surface area contributed by atoms with Gasteiger partial charge < -0.3 is 5.11 Å². The van der Waals surface area contributed by atoms with Gasteiger partial charge in [0.15, 0.2) is 21.7 Å². The van der Waals surface area contributed by atoms with Crippen molar-refractivity contribution in [3.63, 3.8) is 0 Å². The summed E-state index contributed by atoms with van der Waals surface area (Å²) in [6.07, 6.45) is -1.36. The monoisotopic (exact) mass is 344 g/mol. The van der Waals surface area contributed by atoms with E-state index in [-0.39, 0.29) is 16.3 Å². The van der Waals surface area contributed by atoms with Crippen LogP contribution >= 0.6 is 0 Å². The van der Waals surface area contributed by atoms with Crippen LogP contribution in [0.2, 0.25) is 0 Å². The molecule has 0 aromatic heterocycles. The molecule has 0 radical (unpaired) electrons. The van der Waals surface area contributed by atoms with Gasteiger partial charge in [-0.25, -0.2) is 0 Å². The molecule has 2 aliphatic rings. The molecule has 2 aromatic carbocycles. The number of rotatable bonds is 2. The van der Waals surface area contributed by atoms with E-state index >= 15 is 0 Å². The highest BCUT2D eigenvalue weighted by Gasteiger charge is 2.20. The highest BCUT2D eigenvalue weighted by Crippen LogP contribution is 2.17. The van der Waals surface area contributed by atoms with Crippen LogP contribution < -0.4 is 21.7 Å². The molecule has 126 valence electrons. The van der Waals surface area contributed by atoms with Crippen LogP contribution in [0.3, 0.4) is 0 Å². The molecule has 0 amide bonds. The van der Waals surface area contributed by atoms with E-state index in [1.54, 1.807) is 42.5 Å². The SMILES string of the molecule is O=c1cc(C(O)c2ccccc2)c(=O)c2c(=O)c3ccccc3c(=O)c1=2. The van der Waals surface area contributed by atoms with Gasteiger partial charge in [-0.05, 0) is 11.6 Å². The maximum absolute atomic E-state index is 12.9. The van der Waals surface area contributed by atoms with E-state index in [2.05, 4.69) is 0 Å². The Bertz CT molecular complexity index is 1410. The number of fused-ring (bicyclic) bond motifs is 1. The number of hydrogen-bond donors (Lipinski definition) is 1. The van der Waals surface area contributed by atoms with Crippen molar-refractivity contribution in [3.8, 4) is 0 Å². The predicted molar refractivity (Wildman–Crippen MR) is 97.2 cm³/mol. The third kappa shape index (κ3) is 2.22. The molecule has 2 aliphatic carbocycles. The van der Waals surface area contributed by atoms with Crippen LogP contribution in [0.15, 0.2) is 79.8 Å². The van der Waals surface area contributed by atoms with E-state index in [4.69, 9.17) is 0 Å². The molecule has 26 heavy (non-hydrogen) atoms. The van der Waals surface area contributed by atoms with Crippen LogP contribution in [-0.4, -0.2) is 5.11 Å². The Morgan fingerprint density at radius 1 is 0.654 bits per heavy atom. The maximum atomic E-state index is 12.9. The van der Waals surface area contributed by atoms with Crippen LogP contribution in [-0.2, 0) is 0 Å². The number of benzene rings is 2. The van der Waals surface area contributed by atoms with Crippen molar-refractivity contribution in [2.75, 3.05) is 0 Å². The molecule has 2 aromatic rings. The summed E-state index contributed by atoms with van der Waals surface area (Å²) in [5.41, 5.74) is -2.63. The predicted octanol–water partition coefficient (Wildman–Crippen LogP) is 0.963. The molecule has 0 bridgehead atoms. The van der Waals surface area contributed by atoms with Crippen molar-refractivity contribution < 1.29 is 5.11 Å². The Hall–Kier alpha value is -3.44. The summed E-state index contributed by atoms with van der Waals surface area (Å²) in [5.74, 6) is 0. The maximum Gasteiger partial charge on any atom is 0.198 e. The Morgan fingerprint density at radius 2 is 1.19 bits per heavy atom. The van der Waals surface area contributed by atoms with Gasteiger partial charge in [-0.3, -0.25) is 19.2 Å². The first kappa shape index (κ1) is 16.1. The highest BCUT2D eigenvalue weighted by molar-refractivity contribution is 5.82. The quantitative estimate of drug-likeness (QED) is 0.585. The Kier molecular flexibility index (Phi) is 3.60. The second-order valence-electron chi connectivity index (χ2n) is 6.06. The van der Waals surface area contributed by atoms with E-state index in [0.717, 1.165) is 6.07 Å². The fourth-order valence-electron chi connectivity index (χ4n) is 3.27. The zero-order valence-electron chi connectivity index (χ0n) is 13.4. The summed E-state index contributed by atoms with van der Waals surface area (Å²) in [5, 5.41) is 9.84. The lowest BCUT2D eigenvalue weighted by atomic mass is 9.97. The smallest absolute Gasteiger partial charge is 0.198 e. The molecule has 5 heteroatoms. The normalized spacial score (nSPS) is 12.5. The fraction of sp³-hybridized carbons (Fsp3) is 0.0476. The molecule has 0 fully saturated rings. The minimum Gasteiger partial charge on any atom is -0.384 e. The largest absolute Gasteiger partial charge is 0.384 e. The van der Waals surface area contributed by atoms with Crippen molar-refractivity contribution >= 4 is 10.8 Å². The second kappa shape index (κ2) is 5.82. The van der Waals surface area contributed by atoms with Gasteiger partial charge in [-0.15, -0.1) is 0 Å². The van der Waals surface area contributed by atoms with E-state index in [1.165, 1.54) is 12.1 Å². The third-order valence-corrected chi connectivity index (χ3v) is 4.55. The molecule has 1 N–H and O–H groups in total. The first-order valence-corrected chi connectivity index (χ1v) is 7.97. The van der Waals surface area contributed by atoms with Crippen LogP contribution in [0.5, 0.6) is 0 Å². The minimum atomic E-state index is -1.36. The summed E-state index contributed by atoms with van der Waals surface area (Å²) in [4.78, 5) is 50.8. The summed E-state index contributed by atoms with van der Waals surface area (Å²) in [6, 6.07) is 15.4. The van der Waals surface area contributed by atoms with Gasteiger partial charge in [0, 0.05) is 16.3 Å². The number of aliphatic hydroxyl groups excluding tert-OH is 1. The molecule has 5 nitrogen and oxygen atoms in total. The van der Waals surface area contributed by atoms with Crippen molar-refractivity contribution in [1.82, 2.24) is 0 Å². The lowest BCUT2D eigenvalue weighted by Gasteiger charge is -2.10. The topological polar surface area (TPSA) is 88.5 Å². The summed E-state index contributed by atoms with van der Waals surface area (Å²) >= 11 is 0. The molecular weight excluding hydrogens is 332 g/mol. The van der Waals surface area contributed by atoms with Crippen molar-refractivity contribution in [3.05, 3.63) is 123 Å². The Morgan fingerprint density at radius 3 is 1.81 bits per heavy atom. The standard InChI is InChI=1S/C21H12O5/c22-15-10-14(18(23)11-6-2-1-3-7-11)21(26)17-16(15)19(24)12-8-4-5-9-13(12)20(17)25/h1-10,18,23H. The zero-order valence-corrected chi connectivity index (χ0v) is 13.4. The molecule has 1 atom stereocenters. The van der Waals surface area contributed by atoms with E-state index in [9.17, 15) is 24.3 Å². The zero-order chi connectivity index (χ0) is 18.4. The average Bonchev–Trinajstić information content (AvgIpc) is 2.67. The first-order valence-electron chi connectivity index (χ1n) is 7.97. The third-order valence-electron chi connectivity index (χ3n) is 4.55. The molecule has 1 unspecified atom stereocenters. The van der Waals surface area contributed by atoms with Gasteiger partial charge in [-0.2, -0.15) is 0 Å². The van der Waals surface area contributed by atoms with Crippen molar-refractivity contribution in [2.24, 2.45) is 0 Å². The fourth-order valence-corrected chi connectivity index (χ4v) is 3.27. The molecule has 0 saturated heterocycles. The Balaban J connectivity index is 2.21. The number of hydrogen-bond acceptors (Lipinski definition) is 5. The number of aliphatic hydroxyl groups is 1. The van der Waals surface area contributed by atoms with Crippen LogP contribution in [0.1, 0.15) is 17.2 Å². The van der Waals surface area contributed by atoms with Crippen molar-refractivity contribution in [2.45, 2.75) is 6.10 Å². The molecule has 0 saturated carbocycles. The lowest BCUT2D eigenvalue weighted by molar-refractivity contribution is 0.219. The molecule has 0 spiro atoms. The van der Waals surface area contributed by atoms with E-state index in [1.807, 2.05) is 0 Å². The molecule has 4 rings (SSSR count). The van der Waals surface area contributed by atoms with Gasteiger partial charge >= 0.3 is 0 Å². The molecule has 0 aliphatic heterocycles. The van der Waals surface area contributed by atoms with E-state index < -0.39 is 38.3 Å². The van der Waals surface area contributed by atoms with Crippen LogP contribution in [0.25, 0.3) is 10.8 Å². The summed E-state index contributed by atoms with van der Waals surface area (Å²) in [7, 11) is 0. The average molecular weight is 344 g/mol. The van der Waals surface area contributed by atoms with Crippen LogP contribution in [0.4, 0.5) is 0 Å². The summed E-state index contributed by atoms with van der Waals surface area (Å²) < 4.78 is 0. The highest BCUT2D eigenvalue weighted by atomic mass is 16.3. The minimum absolute atomic E-state index is 0.0906. The summed E-state index contributed by atoms with van der Waals surface area (Å²) in [6.45, 7) is 0. The van der Waals surface area contributed by atoms with Gasteiger partial charge in [0.25, 0.3) is 0 Å². The Labute approximate surface area is 145 Å². The second-order valence-corrected chi connectivity index (χ2v) is 6.06. The van der Waals surface area contributed by atoms with Gasteiger partial charge in [0.2, 0.25) is 0 Å². The van der Waals surface area contributed by atoms with Crippen molar-refractivity contribution in [1.29, 1.82) is 0 Å².